The van der Waals surface area contributed by atoms with Crippen molar-refractivity contribution in [3.63, 3.8) is 0 Å². The Labute approximate surface area is 162 Å². The summed E-state index contributed by atoms with van der Waals surface area (Å²) in [5, 5.41) is 4.75. The third kappa shape index (κ3) is 3.10. The lowest BCUT2D eigenvalue weighted by atomic mass is 10.1. The zero-order chi connectivity index (χ0) is 18.8. The predicted molar refractivity (Wildman–Crippen MR) is 112 cm³/mol. The molecule has 2 aromatic heterocycles. The number of aliphatic imine (C=N–C) groups is 1. The van der Waals surface area contributed by atoms with Gasteiger partial charge in [0, 0.05) is 11.8 Å². The summed E-state index contributed by atoms with van der Waals surface area (Å²) in [6.45, 7) is 0. The number of benzene rings is 3. The van der Waals surface area contributed by atoms with Gasteiger partial charge >= 0.3 is 0 Å². The van der Waals surface area contributed by atoms with Gasteiger partial charge in [-0.1, -0.05) is 60.7 Å². The van der Waals surface area contributed by atoms with Gasteiger partial charge < -0.3 is 4.98 Å². The topological polar surface area (TPSA) is 58.9 Å². The summed E-state index contributed by atoms with van der Waals surface area (Å²) in [6.07, 6.45) is 3.80. The molecule has 5 nitrogen and oxygen atoms in total. The van der Waals surface area contributed by atoms with Crippen LogP contribution in [0.1, 0.15) is 5.69 Å². The molecule has 0 aliphatic heterocycles. The van der Waals surface area contributed by atoms with E-state index in [0.717, 1.165) is 33.5 Å². The summed E-state index contributed by atoms with van der Waals surface area (Å²) in [4.78, 5) is 12.3. The van der Waals surface area contributed by atoms with Crippen molar-refractivity contribution in [2.45, 2.75) is 0 Å². The van der Waals surface area contributed by atoms with Crippen molar-refractivity contribution in [1.82, 2.24) is 19.7 Å². The Kier molecular flexibility index (Phi) is 4.03. The van der Waals surface area contributed by atoms with Gasteiger partial charge in [0.25, 0.3) is 0 Å². The Hall–Kier alpha value is -3.99. The van der Waals surface area contributed by atoms with E-state index in [-0.39, 0.29) is 0 Å². The third-order valence-electron chi connectivity index (χ3n) is 4.53. The maximum Gasteiger partial charge on any atom is 0.227 e. The number of nitrogens with one attached hydrogen (secondary N) is 1. The molecule has 28 heavy (non-hydrogen) atoms. The second-order valence-corrected chi connectivity index (χ2v) is 6.41. The number of aromatic nitrogens is 4. The number of nitrogens with zero attached hydrogens (tertiary/aromatic N) is 4. The molecular formula is C23H17N5. The van der Waals surface area contributed by atoms with Crippen LogP contribution in [0.5, 0.6) is 0 Å². The minimum absolute atomic E-state index is 0.564. The molecule has 0 spiro atoms. The van der Waals surface area contributed by atoms with Crippen LogP contribution in [0.15, 0.2) is 96.1 Å². The Morgan fingerprint density at radius 2 is 1.54 bits per heavy atom. The summed E-state index contributed by atoms with van der Waals surface area (Å²) >= 11 is 0. The third-order valence-corrected chi connectivity index (χ3v) is 4.53. The predicted octanol–water partition coefficient (Wildman–Crippen LogP) is 5.17. The molecular weight excluding hydrogens is 346 g/mol. The molecule has 5 aromatic rings. The van der Waals surface area contributed by atoms with E-state index in [1.54, 1.807) is 6.21 Å². The SMILES string of the molecule is C(=N\c1nc2ccccc2[nH]1)/c1nn(-c2ccccc2)cc1-c1ccccc1. The zero-order valence-electron chi connectivity index (χ0n) is 15.0. The van der Waals surface area contributed by atoms with Crippen LogP contribution in [-0.2, 0) is 0 Å². The van der Waals surface area contributed by atoms with Crippen LogP contribution in [-0.4, -0.2) is 26.0 Å². The van der Waals surface area contributed by atoms with Crippen LogP contribution in [0.4, 0.5) is 5.95 Å². The number of para-hydroxylation sites is 3. The van der Waals surface area contributed by atoms with E-state index in [0.29, 0.717) is 5.95 Å². The van der Waals surface area contributed by atoms with Gasteiger partial charge in [0.05, 0.1) is 22.9 Å². The summed E-state index contributed by atoms with van der Waals surface area (Å²) in [6, 6.07) is 28.1. The number of hydrogen-bond donors (Lipinski definition) is 1. The van der Waals surface area contributed by atoms with E-state index in [2.05, 4.69) is 27.1 Å². The molecule has 0 fully saturated rings. The summed E-state index contributed by atoms with van der Waals surface area (Å²) in [5.41, 5.74) is 5.76. The van der Waals surface area contributed by atoms with Crippen molar-refractivity contribution >= 4 is 23.2 Å². The molecule has 3 aromatic carbocycles. The Balaban J connectivity index is 1.58. The fraction of sp³-hybridized carbons (Fsp3) is 0. The molecule has 0 unspecified atom stereocenters. The number of hydrogen-bond acceptors (Lipinski definition) is 3. The van der Waals surface area contributed by atoms with Crippen molar-refractivity contribution < 1.29 is 0 Å². The average Bonchev–Trinajstić information content (AvgIpc) is 3.37. The standard InChI is InChI=1S/C23H17N5/c1-3-9-17(10-4-1)19-16-28(18-11-5-2-6-12-18)27-22(19)15-24-23-25-20-13-7-8-14-21(20)26-23/h1-16H,(H,25,26)/b24-15+. The highest BCUT2D eigenvalue weighted by molar-refractivity contribution is 5.89. The van der Waals surface area contributed by atoms with Crippen molar-refractivity contribution in [3.8, 4) is 16.8 Å². The van der Waals surface area contributed by atoms with Gasteiger partial charge in [0.1, 0.15) is 5.69 Å². The average molecular weight is 363 g/mol. The monoisotopic (exact) mass is 363 g/mol. The molecule has 134 valence electrons. The number of aromatic amines is 1. The number of fused-ring (bicyclic) bond motifs is 1. The van der Waals surface area contributed by atoms with E-state index in [1.807, 2.05) is 83.7 Å². The van der Waals surface area contributed by atoms with Crippen molar-refractivity contribution in [3.05, 3.63) is 96.8 Å². The van der Waals surface area contributed by atoms with Crippen LogP contribution in [0.2, 0.25) is 0 Å². The molecule has 0 bridgehead atoms. The molecule has 0 radical (unpaired) electrons. The normalized spacial score (nSPS) is 11.4. The van der Waals surface area contributed by atoms with E-state index >= 15 is 0 Å². The highest BCUT2D eigenvalue weighted by Gasteiger charge is 2.11. The number of rotatable bonds is 4. The molecule has 5 heteroatoms. The van der Waals surface area contributed by atoms with Crippen molar-refractivity contribution in [2.24, 2.45) is 4.99 Å². The highest BCUT2D eigenvalue weighted by atomic mass is 15.3. The summed E-state index contributed by atoms with van der Waals surface area (Å²) in [5.74, 6) is 0.564. The van der Waals surface area contributed by atoms with Gasteiger partial charge in [0.2, 0.25) is 5.95 Å². The van der Waals surface area contributed by atoms with E-state index in [9.17, 15) is 0 Å². The lowest BCUT2D eigenvalue weighted by molar-refractivity contribution is 0.877. The fourth-order valence-corrected chi connectivity index (χ4v) is 3.16. The number of imidazole rings is 1. The minimum Gasteiger partial charge on any atom is -0.322 e. The largest absolute Gasteiger partial charge is 0.322 e. The van der Waals surface area contributed by atoms with E-state index in [1.165, 1.54) is 0 Å². The van der Waals surface area contributed by atoms with Crippen LogP contribution in [0.25, 0.3) is 27.8 Å². The first-order valence-corrected chi connectivity index (χ1v) is 9.06. The maximum absolute atomic E-state index is 4.75. The Morgan fingerprint density at radius 1 is 0.821 bits per heavy atom. The first-order chi connectivity index (χ1) is 13.9. The smallest absolute Gasteiger partial charge is 0.227 e. The molecule has 0 saturated carbocycles. The van der Waals surface area contributed by atoms with Crippen molar-refractivity contribution in [1.29, 1.82) is 0 Å². The van der Waals surface area contributed by atoms with Crippen LogP contribution in [0, 0.1) is 0 Å². The van der Waals surface area contributed by atoms with Crippen molar-refractivity contribution in [2.75, 3.05) is 0 Å². The van der Waals surface area contributed by atoms with Gasteiger partial charge in [-0.3, -0.25) is 0 Å². The van der Waals surface area contributed by atoms with Gasteiger partial charge in [-0.15, -0.1) is 0 Å². The zero-order valence-corrected chi connectivity index (χ0v) is 15.0. The Bertz CT molecular complexity index is 1220. The quantitative estimate of drug-likeness (QED) is 0.448. The molecule has 1 N–H and O–H groups in total. The lowest BCUT2D eigenvalue weighted by Crippen LogP contribution is -1.95. The highest BCUT2D eigenvalue weighted by Crippen LogP contribution is 2.24. The Morgan fingerprint density at radius 3 is 2.32 bits per heavy atom. The molecule has 0 amide bonds. The molecule has 5 rings (SSSR count). The van der Waals surface area contributed by atoms with Gasteiger partial charge in [-0.25, -0.2) is 14.7 Å². The fourth-order valence-electron chi connectivity index (χ4n) is 3.16. The van der Waals surface area contributed by atoms with Gasteiger partial charge in [0.15, 0.2) is 0 Å². The molecule has 0 aliphatic carbocycles. The summed E-state index contributed by atoms with van der Waals surface area (Å²) < 4.78 is 1.88. The van der Waals surface area contributed by atoms with Crippen LogP contribution < -0.4 is 0 Å². The first-order valence-electron chi connectivity index (χ1n) is 9.06. The van der Waals surface area contributed by atoms with Crippen LogP contribution >= 0.6 is 0 Å². The second kappa shape index (κ2) is 6.96. The maximum atomic E-state index is 4.75. The minimum atomic E-state index is 0.564. The molecule has 0 atom stereocenters. The lowest BCUT2D eigenvalue weighted by Gasteiger charge is -1.99. The van der Waals surface area contributed by atoms with Crippen LogP contribution in [0.3, 0.4) is 0 Å². The first kappa shape index (κ1) is 16.2. The van der Waals surface area contributed by atoms with E-state index in [4.69, 9.17) is 5.10 Å². The second-order valence-electron chi connectivity index (χ2n) is 6.41. The van der Waals surface area contributed by atoms with Gasteiger partial charge in [-0.2, -0.15) is 5.10 Å². The molecule has 0 aliphatic rings. The summed E-state index contributed by atoms with van der Waals surface area (Å²) in [7, 11) is 0. The van der Waals surface area contributed by atoms with E-state index < -0.39 is 0 Å². The number of H-pyrrole nitrogens is 1. The molecule has 0 saturated heterocycles. The van der Waals surface area contributed by atoms with Gasteiger partial charge in [-0.05, 0) is 29.8 Å². The molecule has 2 heterocycles.